The molecule has 0 saturated heterocycles. The summed E-state index contributed by atoms with van der Waals surface area (Å²) in [5.74, 6) is 1.57. The van der Waals surface area contributed by atoms with Crippen molar-refractivity contribution in [3.8, 4) is 17.1 Å². The fourth-order valence-corrected chi connectivity index (χ4v) is 3.31. The van der Waals surface area contributed by atoms with E-state index in [-0.39, 0.29) is 0 Å². The second-order valence-corrected chi connectivity index (χ2v) is 6.40. The first-order valence-electron chi connectivity index (χ1n) is 9.28. The van der Waals surface area contributed by atoms with Gasteiger partial charge in [-0.15, -0.1) is 10.2 Å². The minimum absolute atomic E-state index is 0.767. The Morgan fingerprint density at radius 3 is 2.43 bits per heavy atom. The maximum absolute atomic E-state index is 4.55. The maximum atomic E-state index is 4.55. The summed E-state index contributed by atoms with van der Waals surface area (Å²) in [6, 6.07) is 24.8. The Bertz CT molecular complexity index is 1180. The quantitative estimate of drug-likeness (QED) is 0.393. The molecule has 0 unspecified atom stereocenters. The number of hydrogen-bond acceptors (Lipinski definition) is 2. The molecular weight excluding hydrogens is 342 g/mol. The molecular formula is C25H21N3. The molecule has 0 fully saturated rings. The van der Waals surface area contributed by atoms with Gasteiger partial charge in [0.15, 0.2) is 11.6 Å². The Labute approximate surface area is 165 Å². The van der Waals surface area contributed by atoms with Crippen LogP contribution < -0.4 is 0 Å². The van der Waals surface area contributed by atoms with Crippen LogP contribution >= 0.6 is 0 Å². The van der Waals surface area contributed by atoms with E-state index in [2.05, 4.69) is 75.9 Å². The monoisotopic (exact) mass is 363 g/mol. The zero-order valence-electron chi connectivity index (χ0n) is 15.8. The predicted octanol–water partition coefficient (Wildman–Crippen LogP) is 6.23. The van der Waals surface area contributed by atoms with E-state index in [1.54, 1.807) is 0 Å². The van der Waals surface area contributed by atoms with Crippen LogP contribution in [0.1, 0.15) is 12.7 Å². The van der Waals surface area contributed by atoms with E-state index in [0.29, 0.717) is 0 Å². The van der Waals surface area contributed by atoms with Gasteiger partial charge in [-0.25, -0.2) is 0 Å². The molecule has 0 aliphatic rings. The Balaban J connectivity index is 2.05. The Morgan fingerprint density at radius 1 is 0.893 bits per heavy atom. The second-order valence-electron chi connectivity index (χ2n) is 6.40. The summed E-state index contributed by atoms with van der Waals surface area (Å²) >= 11 is 0. The van der Waals surface area contributed by atoms with E-state index in [0.717, 1.165) is 33.9 Å². The molecule has 28 heavy (non-hydrogen) atoms. The molecule has 3 aromatic carbocycles. The summed E-state index contributed by atoms with van der Waals surface area (Å²) in [4.78, 5) is 0. The lowest BCUT2D eigenvalue weighted by molar-refractivity contribution is 1.04. The molecule has 0 bridgehead atoms. The van der Waals surface area contributed by atoms with Gasteiger partial charge in [-0.05, 0) is 18.4 Å². The van der Waals surface area contributed by atoms with Crippen molar-refractivity contribution in [2.75, 3.05) is 0 Å². The smallest absolute Gasteiger partial charge is 0.168 e. The first-order chi connectivity index (χ1) is 13.8. The summed E-state index contributed by atoms with van der Waals surface area (Å²) in [5, 5.41) is 11.4. The van der Waals surface area contributed by atoms with Crippen molar-refractivity contribution in [1.29, 1.82) is 0 Å². The van der Waals surface area contributed by atoms with Gasteiger partial charge in [-0.1, -0.05) is 97.6 Å². The van der Waals surface area contributed by atoms with E-state index < -0.39 is 0 Å². The summed E-state index contributed by atoms with van der Waals surface area (Å²) in [6.07, 6.45) is 7.80. The minimum Gasteiger partial charge on any atom is -0.274 e. The molecule has 0 amide bonds. The van der Waals surface area contributed by atoms with Gasteiger partial charge in [0.25, 0.3) is 0 Å². The van der Waals surface area contributed by atoms with Crippen molar-refractivity contribution in [2.24, 2.45) is 0 Å². The van der Waals surface area contributed by atoms with E-state index in [1.807, 2.05) is 49.4 Å². The molecule has 1 heterocycles. The molecule has 1 aromatic heterocycles. The highest BCUT2D eigenvalue weighted by atomic mass is 15.3. The largest absolute Gasteiger partial charge is 0.274 e. The fourth-order valence-electron chi connectivity index (χ4n) is 3.31. The Morgan fingerprint density at radius 2 is 1.64 bits per heavy atom. The van der Waals surface area contributed by atoms with Crippen LogP contribution in [0.15, 0.2) is 104 Å². The second kappa shape index (κ2) is 7.89. The fraction of sp³-hybridized carbons (Fsp3) is 0.0400. The first-order valence-corrected chi connectivity index (χ1v) is 9.28. The van der Waals surface area contributed by atoms with Crippen molar-refractivity contribution in [2.45, 2.75) is 6.92 Å². The van der Waals surface area contributed by atoms with Gasteiger partial charge in [-0.2, -0.15) is 0 Å². The van der Waals surface area contributed by atoms with E-state index in [4.69, 9.17) is 0 Å². The average Bonchev–Trinajstić information content (AvgIpc) is 3.19. The molecule has 4 aromatic rings. The number of benzene rings is 3. The summed E-state index contributed by atoms with van der Waals surface area (Å²) < 4.78 is 2.12. The van der Waals surface area contributed by atoms with E-state index in [1.165, 1.54) is 5.39 Å². The van der Waals surface area contributed by atoms with Crippen LogP contribution in [0.4, 0.5) is 0 Å². The number of fused-ring (bicyclic) bond motifs is 1. The molecule has 3 heteroatoms. The van der Waals surface area contributed by atoms with Crippen molar-refractivity contribution in [1.82, 2.24) is 14.8 Å². The Hall–Kier alpha value is -3.72. The molecule has 136 valence electrons. The SMILES string of the molecule is C=C/C(=C\C=C/C)c1nnc(-c2ccccc2)n1-c1cccc2ccccc12. The summed E-state index contributed by atoms with van der Waals surface area (Å²) in [6.45, 7) is 5.97. The zero-order chi connectivity index (χ0) is 19.3. The summed E-state index contributed by atoms with van der Waals surface area (Å²) in [7, 11) is 0. The van der Waals surface area contributed by atoms with E-state index >= 15 is 0 Å². The lowest BCUT2D eigenvalue weighted by Gasteiger charge is -2.14. The molecule has 3 nitrogen and oxygen atoms in total. The van der Waals surface area contributed by atoms with Crippen LogP contribution in [0.25, 0.3) is 33.4 Å². The van der Waals surface area contributed by atoms with Crippen LogP contribution in [0.3, 0.4) is 0 Å². The van der Waals surface area contributed by atoms with Crippen LogP contribution in [0.2, 0.25) is 0 Å². The third-order valence-corrected chi connectivity index (χ3v) is 4.65. The van der Waals surface area contributed by atoms with Crippen molar-refractivity contribution in [3.63, 3.8) is 0 Å². The number of nitrogens with zero attached hydrogens (tertiary/aromatic N) is 3. The number of rotatable bonds is 5. The predicted molar refractivity (Wildman–Crippen MR) is 117 cm³/mol. The molecule has 0 N–H and O–H groups in total. The van der Waals surface area contributed by atoms with Crippen LogP contribution in [-0.2, 0) is 0 Å². The van der Waals surface area contributed by atoms with E-state index in [9.17, 15) is 0 Å². The zero-order valence-corrected chi connectivity index (χ0v) is 15.8. The molecule has 0 spiro atoms. The molecule has 0 saturated carbocycles. The van der Waals surface area contributed by atoms with Crippen LogP contribution in [0, 0.1) is 0 Å². The topological polar surface area (TPSA) is 30.7 Å². The molecule has 0 atom stereocenters. The van der Waals surface area contributed by atoms with Crippen molar-refractivity contribution in [3.05, 3.63) is 110 Å². The highest BCUT2D eigenvalue weighted by Crippen LogP contribution is 2.30. The number of hydrogen-bond donors (Lipinski definition) is 0. The number of aromatic nitrogens is 3. The third kappa shape index (κ3) is 3.19. The molecule has 4 rings (SSSR count). The minimum atomic E-state index is 0.767. The first kappa shape index (κ1) is 17.7. The van der Waals surface area contributed by atoms with Gasteiger partial charge >= 0.3 is 0 Å². The standard InChI is InChI=1S/C25H21N3/c1-3-5-12-19(4-2)24-26-27-25(21-14-7-6-8-15-21)28(24)23-18-11-16-20-13-9-10-17-22(20)23/h3-18H,2H2,1H3/b5-3-,19-12+. The van der Waals surface area contributed by atoms with Gasteiger partial charge in [0.1, 0.15) is 0 Å². The normalized spacial score (nSPS) is 12.0. The maximum Gasteiger partial charge on any atom is 0.168 e. The van der Waals surface area contributed by atoms with Crippen molar-refractivity contribution >= 4 is 16.3 Å². The van der Waals surface area contributed by atoms with Gasteiger partial charge in [0, 0.05) is 16.5 Å². The molecule has 0 aliphatic heterocycles. The average molecular weight is 363 g/mol. The highest BCUT2D eigenvalue weighted by molar-refractivity contribution is 5.91. The van der Waals surface area contributed by atoms with Gasteiger partial charge < -0.3 is 0 Å². The lowest BCUT2D eigenvalue weighted by atomic mass is 10.1. The Kier molecular flexibility index (Phi) is 4.98. The van der Waals surface area contributed by atoms with Gasteiger partial charge in [0.05, 0.1) is 5.69 Å². The van der Waals surface area contributed by atoms with Gasteiger partial charge in [0.2, 0.25) is 0 Å². The van der Waals surface area contributed by atoms with Crippen molar-refractivity contribution < 1.29 is 0 Å². The van der Waals surface area contributed by atoms with Crippen LogP contribution in [-0.4, -0.2) is 14.8 Å². The molecule has 0 aliphatic carbocycles. The highest BCUT2D eigenvalue weighted by Gasteiger charge is 2.18. The number of allylic oxidation sites excluding steroid dienone is 5. The lowest BCUT2D eigenvalue weighted by Crippen LogP contribution is -2.03. The third-order valence-electron chi connectivity index (χ3n) is 4.65. The van der Waals surface area contributed by atoms with Crippen LogP contribution in [0.5, 0.6) is 0 Å². The molecule has 0 radical (unpaired) electrons. The summed E-state index contributed by atoms with van der Waals surface area (Å²) in [5.41, 5.74) is 2.98. The van der Waals surface area contributed by atoms with Gasteiger partial charge in [-0.3, -0.25) is 4.57 Å².